The Hall–Kier alpha value is -2.22. The second-order valence-corrected chi connectivity index (χ2v) is 9.44. The fourth-order valence-corrected chi connectivity index (χ4v) is 5.54. The van der Waals surface area contributed by atoms with Crippen LogP contribution in [-0.2, 0) is 4.79 Å². The largest absolute Gasteiger partial charge is 0.397 e. The van der Waals surface area contributed by atoms with Crippen LogP contribution in [0.25, 0.3) is 10.2 Å². The number of fused-ring (bicyclic) bond motifs is 1. The van der Waals surface area contributed by atoms with Crippen molar-refractivity contribution in [3.63, 3.8) is 0 Å². The number of amides is 2. The molecule has 2 amide bonds. The number of aromatic nitrogens is 2. The molecule has 1 saturated heterocycles. The molecule has 2 fully saturated rings. The van der Waals surface area contributed by atoms with Crippen molar-refractivity contribution in [2.75, 3.05) is 18.8 Å². The zero-order chi connectivity index (χ0) is 20.5. The molecule has 0 bridgehead atoms. The molecule has 1 aliphatic carbocycles. The molecule has 0 aromatic carbocycles. The van der Waals surface area contributed by atoms with Crippen LogP contribution >= 0.6 is 11.3 Å². The van der Waals surface area contributed by atoms with Crippen molar-refractivity contribution < 1.29 is 9.59 Å². The number of aryl methyl sites for hydroxylation is 2. The highest BCUT2D eigenvalue weighted by Gasteiger charge is 2.30. The third kappa shape index (κ3) is 4.08. The Kier molecular flexibility index (Phi) is 5.72. The van der Waals surface area contributed by atoms with Crippen LogP contribution in [0.3, 0.4) is 0 Å². The molecule has 1 aliphatic heterocycles. The molecular formula is C21H29N5O2S. The van der Waals surface area contributed by atoms with Crippen LogP contribution in [-0.4, -0.2) is 46.0 Å². The summed E-state index contributed by atoms with van der Waals surface area (Å²) in [5.41, 5.74) is 8.53. The van der Waals surface area contributed by atoms with Crippen molar-refractivity contribution in [2.24, 2.45) is 5.92 Å². The van der Waals surface area contributed by atoms with Gasteiger partial charge in [-0.3, -0.25) is 9.59 Å². The van der Waals surface area contributed by atoms with E-state index < -0.39 is 0 Å². The van der Waals surface area contributed by atoms with E-state index in [0.29, 0.717) is 40.8 Å². The number of nitrogens with one attached hydrogen (secondary N) is 1. The molecule has 0 radical (unpaired) electrons. The summed E-state index contributed by atoms with van der Waals surface area (Å²) in [7, 11) is 0. The van der Waals surface area contributed by atoms with Crippen LogP contribution in [0.1, 0.15) is 65.9 Å². The van der Waals surface area contributed by atoms with Crippen LogP contribution in [0.4, 0.5) is 5.69 Å². The summed E-state index contributed by atoms with van der Waals surface area (Å²) < 4.78 is 0. The molecule has 29 heavy (non-hydrogen) atoms. The first kappa shape index (κ1) is 20.1. The molecule has 3 heterocycles. The molecule has 2 aromatic rings. The number of nitrogens with zero attached hydrogens (tertiary/aromatic N) is 3. The number of hydrogen-bond acceptors (Lipinski definition) is 6. The highest BCUT2D eigenvalue weighted by atomic mass is 32.1. The van der Waals surface area contributed by atoms with Crippen molar-refractivity contribution in [1.29, 1.82) is 0 Å². The van der Waals surface area contributed by atoms with Crippen LogP contribution in [0.5, 0.6) is 0 Å². The van der Waals surface area contributed by atoms with Gasteiger partial charge in [0.25, 0.3) is 5.91 Å². The Bertz CT molecular complexity index is 935. The standard InChI is InChI=1S/C21H29N5O2S/c1-12-13(2)24-25-21-17(12)18(22)19(29-21)20(28)23-15-8-9-26(11-15)16(27)10-14-6-4-3-5-7-14/h14-15H,3-11,22H2,1-2H3,(H,23,28). The first-order valence-electron chi connectivity index (χ1n) is 10.5. The van der Waals surface area contributed by atoms with Gasteiger partial charge in [0, 0.05) is 30.9 Å². The Labute approximate surface area is 175 Å². The van der Waals surface area contributed by atoms with Crippen LogP contribution in [0.15, 0.2) is 0 Å². The highest BCUT2D eigenvalue weighted by Crippen LogP contribution is 2.35. The summed E-state index contributed by atoms with van der Waals surface area (Å²) in [6.07, 6.45) is 7.58. The number of carbonyl (C=O) groups is 2. The second-order valence-electron chi connectivity index (χ2n) is 8.44. The van der Waals surface area contributed by atoms with Gasteiger partial charge in [0.15, 0.2) is 0 Å². The number of likely N-dealkylation sites (tertiary alicyclic amines) is 1. The Morgan fingerprint density at radius 2 is 1.93 bits per heavy atom. The van der Waals surface area contributed by atoms with Gasteiger partial charge >= 0.3 is 0 Å². The Balaban J connectivity index is 1.38. The molecule has 0 spiro atoms. The monoisotopic (exact) mass is 415 g/mol. The van der Waals surface area contributed by atoms with Gasteiger partial charge in [-0.15, -0.1) is 16.4 Å². The van der Waals surface area contributed by atoms with Crippen molar-refractivity contribution in [3.8, 4) is 0 Å². The number of anilines is 1. The van der Waals surface area contributed by atoms with Gasteiger partial charge in [-0.25, -0.2) is 0 Å². The lowest BCUT2D eigenvalue weighted by Gasteiger charge is -2.24. The predicted molar refractivity (Wildman–Crippen MR) is 115 cm³/mol. The van der Waals surface area contributed by atoms with E-state index >= 15 is 0 Å². The zero-order valence-corrected chi connectivity index (χ0v) is 18.0. The average Bonchev–Trinajstić information content (AvgIpc) is 3.30. The molecule has 8 heteroatoms. The summed E-state index contributed by atoms with van der Waals surface area (Å²) in [6, 6.07) is -0.0312. The van der Waals surface area contributed by atoms with E-state index in [0.717, 1.165) is 23.1 Å². The molecule has 2 aromatic heterocycles. The van der Waals surface area contributed by atoms with E-state index in [1.807, 2.05) is 18.7 Å². The van der Waals surface area contributed by atoms with Crippen LogP contribution in [0.2, 0.25) is 0 Å². The molecule has 7 nitrogen and oxygen atoms in total. The SMILES string of the molecule is Cc1nnc2sc(C(=O)NC3CCN(C(=O)CC4CCCCC4)C3)c(N)c2c1C. The number of rotatable bonds is 4. The number of carbonyl (C=O) groups excluding carboxylic acids is 2. The smallest absolute Gasteiger partial charge is 0.263 e. The van der Waals surface area contributed by atoms with Gasteiger partial charge in [0.05, 0.1) is 11.4 Å². The van der Waals surface area contributed by atoms with Crippen molar-refractivity contribution in [3.05, 3.63) is 16.1 Å². The topological polar surface area (TPSA) is 101 Å². The maximum absolute atomic E-state index is 12.8. The third-order valence-electron chi connectivity index (χ3n) is 6.41. The average molecular weight is 416 g/mol. The minimum atomic E-state index is -0.186. The third-order valence-corrected chi connectivity index (χ3v) is 7.49. The lowest BCUT2D eigenvalue weighted by molar-refractivity contribution is -0.131. The van der Waals surface area contributed by atoms with Gasteiger partial charge in [0.2, 0.25) is 5.91 Å². The van der Waals surface area contributed by atoms with Crippen molar-refractivity contribution in [2.45, 2.75) is 64.8 Å². The molecular weight excluding hydrogens is 386 g/mol. The summed E-state index contributed by atoms with van der Waals surface area (Å²) in [5.74, 6) is 0.585. The summed E-state index contributed by atoms with van der Waals surface area (Å²) >= 11 is 1.28. The van der Waals surface area contributed by atoms with Crippen molar-refractivity contribution in [1.82, 2.24) is 20.4 Å². The summed E-state index contributed by atoms with van der Waals surface area (Å²) in [5, 5.41) is 12.2. The Morgan fingerprint density at radius 1 is 1.17 bits per heavy atom. The lowest BCUT2D eigenvalue weighted by atomic mass is 9.87. The van der Waals surface area contributed by atoms with E-state index in [-0.39, 0.29) is 17.9 Å². The predicted octanol–water partition coefficient (Wildman–Crippen LogP) is 3.19. The first-order valence-corrected chi connectivity index (χ1v) is 11.4. The van der Waals surface area contributed by atoms with E-state index in [1.54, 1.807) is 0 Å². The molecule has 1 unspecified atom stereocenters. The summed E-state index contributed by atoms with van der Waals surface area (Å²) in [6.45, 7) is 5.13. The maximum atomic E-state index is 12.8. The zero-order valence-electron chi connectivity index (χ0n) is 17.2. The Morgan fingerprint density at radius 3 is 2.69 bits per heavy atom. The molecule has 1 saturated carbocycles. The number of hydrogen-bond donors (Lipinski definition) is 2. The molecule has 156 valence electrons. The molecule has 3 N–H and O–H groups in total. The van der Waals surface area contributed by atoms with E-state index in [1.165, 1.54) is 43.4 Å². The second kappa shape index (κ2) is 8.26. The van der Waals surface area contributed by atoms with Crippen LogP contribution < -0.4 is 11.1 Å². The van der Waals surface area contributed by atoms with Gasteiger partial charge < -0.3 is 16.0 Å². The van der Waals surface area contributed by atoms with Gasteiger partial charge in [-0.05, 0) is 44.6 Å². The quantitative estimate of drug-likeness (QED) is 0.799. The summed E-state index contributed by atoms with van der Waals surface area (Å²) in [4.78, 5) is 28.6. The van der Waals surface area contributed by atoms with Gasteiger partial charge in [0.1, 0.15) is 9.71 Å². The number of thiophene rings is 1. The minimum Gasteiger partial charge on any atom is -0.397 e. The fraction of sp³-hybridized carbons (Fsp3) is 0.619. The lowest BCUT2D eigenvalue weighted by Crippen LogP contribution is -2.38. The molecule has 4 rings (SSSR count). The normalized spacial score (nSPS) is 20.3. The fourth-order valence-electron chi connectivity index (χ4n) is 4.53. The maximum Gasteiger partial charge on any atom is 0.263 e. The minimum absolute atomic E-state index is 0.0312. The number of nitrogen functional groups attached to an aromatic ring is 1. The number of nitrogens with two attached hydrogens (primary N) is 1. The van der Waals surface area contributed by atoms with Gasteiger partial charge in [-0.2, -0.15) is 5.10 Å². The molecule has 2 aliphatic rings. The van der Waals surface area contributed by atoms with Crippen molar-refractivity contribution >= 4 is 39.1 Å². The first-order chi connectivity index (χ1) is 13.9. The van der Waals surface area contributed by atoms with Crippen LogP contribution in [0, 0.1) is 19.8 Å². The highest BCUT2D eigenvalue weighted by molar-refractivity contribution is 7.21. The van der Waals surface area contributed by atoms with E-state index in [9.17, 15) is 9.59 Å². The molecule has 1 atom stereocenters. The van der Waals surface area contributed by atoms with E-state index in [2.05, 4.69) is 15.5 Å². The van der Waals surface area contributed by atoms with E-state index in [4.69, 9.17) is 5.73 Å². The van der Waals surface area contributed by atoms with Gasteiger partial charge in [-0.1, -0.05) is 19.3 Å².